The van der Waals surface area contributed by atoms with Crippen molar-refractivity contribution in [2.24, 2.45) is 0 Å². The van der Waals surface area contributed by atoms with Crippen LogP contribution in [0.2, 0.25) is 0 Å². The SMILES string of the molecule is COc1ccc(C2CC(=O)c3cc(C(=O)Nc4ccccc4C)c(=O)[nH]c3C2)cc1. The smallest absolute Gasteiger partial charge is 0.261 e. The fourth-order valence-corrected chi connectivity index (χ4v) is 3.81. The predicted octanol–water partition coefficient (Wildman–Crippen LogP) is 3.86. The summed E-state index contributed by atoms with van der Waals surface area (Å²) < 4.78 is 5.18. The lowest BCUT2D eigenvalue weighted by Crippen LogP contribution is -2.29. The summed E-state index contributed by atoms with van der Waals surface area (Å²) in [7, 11) is 1.60. The fourth-order valence-electron chi connectivity index (χ4n) is 3.81. The largest absolute Gasteiger partial charge is 0.497 e. The standard InChI is InChI=1S/C24H22N2O4/c1-14-5-3-4-6-20(14)25-23(28)19-13-18-21(26-24(19)29)11-16(12-22(18)27)15-7-9-17(30-2)10-8-15/h3-10,13,16H,11-12H2,1-2H3,(H,25,28)(H,26,29). The maximum Gasteiger partial charge on any atom is 0.261 e. The molecule has 4 rings (SSSR count). The van der Waals surface area contributed by atoms with Gasteiger partial charge in [0.15, 0.2) is 5.78 Å². The maximum atomic E-state index is 12.8. The van der Waals surface area contributed by atoms with Crippen LogP contribution in [0, 0.1) is 6.92 Å². The number of nitrogens with one attached hydrogen (secondary N) is 2. The van der Waals surface area contributed by atoms with E-state index in [-0.39, 0.29) is 17.3 Å². The van der Waals surface area contributed by atoms with Crippen molar-refractivity contribution in [3.05, 3.63) is 92.9 Å². The Morgan fingerprint density at radius 2 is 1.80 bits per heavy atom. The molecule has 152 valence electrons. The number of hydrogen-bond donors (Lipinski definition) is 2. The van der Waals surface area contributed by atoms with Crippen molar-refractivity contribution in [2.75, 3.05) is 12.4 Å². The van der Waals surface area contributed by atoms with E-state index in [4.69, 9.17) is 4.74 Å². The molecular weight excluding hydrogens is 380 g/mol. The third-order valence-electron chi connectivity index (χ3n) is 5.53. The third kappa shape index (κ3) is 3.76. The number of benzene rings is 2. The molecule has 1 aromatic heterocycles. The van der Waals surface area contributed by atoms with Crippen LogP contribution in [-0.2, 0) is 6.42 Å². The first-order chi connectivity index (χ1) is 14.5. The molecule has 1 aliphatic rings. The zero-order valence-corrected chi connectivity index (χ0v) is 16.8. The number of Topliss-reactive ketones (excluding diaryl/α,β-unsaturated/α-hetero) is 1. The van der Waals surface area contributed by atoms with Crippen LogP contribution >= 0.6 is 0 Å². The number of ketones is 1. The number of para-hydroxylation sites is 1. The van der Waals surface area contributed by atoms with Gasteiger partial charge in [-0.25, -0.2) is 0 Å². The molecule has 3 aromatic rings. The second-order valence-electron chi connectivity index (χ2n) is 7.47. The number of hydrogen-bond acceptors (Lipinski definition) is 4. The zero-order chi connectivity index (χ0) is 21.3. The minimum Gasteiger partial charge on any atom is -0.497 e. The second-order valence-corrected chi connectivity index (χ2v) is 7.47. The first-order valence-electron chi connectivity index (χ1n) is 9.76. The third-order valence-corrected chi connectivity index (χ3v) is 5.53. The van der Waals surface area contributed by atoms with Crippen LogP contribution in [0.3, 0.4) is 0 Å². The van der Waals surface area contributed by atoms with E-state index >= 15 is 0 Å². The van der Waals surface area contributed by atoms with Crippen molar-refractivity contribution >= 4 is 17.4 Å². The summed E-state index contributed by atoms with van der Waals surface area (Å²) in [5.41, 5.74) is 2.95. The number of rotatable bonds is 4. The van der Waals surface area contributed by atoms with Gasteiger partial charge < -0.3 is 15.0 Å². The molecule has 1 heterocycles. The maximum absolute atomic E-state index is 12.8. The number of anilines is 1. The molecule has 0 saturated carbocycles. The molecule has 0 saturated heterocycles. The van der Waals surface area contributed by atoms with E-state index in [0.717, 1.165) is 16.9 Å². The van der Waals surface area contributed by atoms with Gasteiger partial charge in [0.05, 0.1) is 7.11 Å². The average Bonchev–Trinajstić information content (AvgIpc) is 2.74. The summed E-state index contributed by atoms with van der Waals surface area (Å²) in [5.74, 6) is 0.105. The van der Waals surface area contributed by atoms with Crippen LogP contribution in [0.25, 0.3) is 0 Å². The highest BCUT2D eigenvalue weighted by Crippen LogP contribution is 2.32. The fraction of sp³-hybridized carbons (Fsp3) is 0.208. The van der Waals surface area contributed by atoms with Crippen molar-refractivity contribution in [3.63, 3.8) is 0 Å². The minimum atomic E-state index is -0.529. The van der Waals surface area contributed by atoms with Crippen LogP contribution < -0.4 is 15.6 Å². The Labute approximate surface area is 173 Å². The number of ether oxygens (including phenoxy) is 1. The Morgan fingerprint density at radius 3 is 2.50 bits per heavy atom. The number of methoxy groups -OCH3 is 1. The number of H-pyrrole nitrogens is 1. The summed E-state index contributed by atoms with van der Waals surface area (Å²) in [4.78, 5) is 40.8. The van der Waals surface area contributed by atoms with E-state index in [0.29, 0.717) is 29.8 Å². The lowest BCUT2D eigenvalue weighted by Gasteiger charge is -2.24. The summed E-state index contributed by atoms with van der Waals surface area (Å²) in [6.07, 6.45) is 0.854. The first kappa shape index (κ1) is 19.6. The Balaban J connectivity index is 1.61. The van der Waals surface area contributed by atoms with E-state index in [1.165, 1.54) is 6.07 Å². The quantitative estimate of drug-likeness (QED) is 0.694. The van der Waals surface area contributed by atoms with Crippen LogP contribution in [0.5, 0.6) is 5.75 Å². The van der Waals surface area contributed by atoms with Crippen molar-refractivity contribution < 1.29 is 14.3 Å². The average molecular weight is 402 g/mol. The van der Waals surface area contributed by atoms with Crippen LogP contribution in [0.1, 0.15) is 49.9 Å². The van der Waals surface area contributed by atoms with E-state index in [1.807, 2.05) is 49.4 Å². The van der Waals surface area contributed by atoms with Gasteiger partial charge in [0, 0.05) is 23.4 Å². The highest BCUT2D eigenvalue weighted by Gasteiger charge is 2.29. The molecule has 1 aliphatic carbocycles. The molecule has 1 unspecified atom stereocenters. The Morgan fingerprint density at radius 1 is 1.07 bits per heavy atom. The molecule has 6 nitrogen and oxygen atoms in total. The molecule has 6 heteroatoms. The topological polar surface area (TPSA) is 88.3 Å². The highest BCUT2D eigenvalue weighted by molar-refractivity contribution is 6.07. The van der Waals surface area contributed by atoms with Crippen molar-refractivity contribution in [2.45, 2.75) is 25.7 Å². The van der Waals surface area contributed by atoms with Gasteiger partial charge in [0.2, 0.25) is 0 Å². The molecule has 1 amide bonds. The number of carbonyl (C=O) groups excluding carboxylic acids is 2. The zero-order valence-electron chi connectivity index (χ0n) is 16.8. The van der Waals surface area contributed by atoms with Crippen molar-refractivity contribution in [1.29, 1.82) is 0 Å². The summed E-state index contributed by atoms with van der Waals surface area (Å²) >= 11 is 0. The number of pyridine rings is 1. The lowest BCUT2D eigenvalue weighted by atomic mass is 9.81. The predicted molar refractivity (Wildman–Crippen MR) is 115 cm³/mol. The van der Waals surface area contributed by atoms with Gasteiger partial charge in [-0.1, -0.05) is 30.3 Å². The van der Waals surface area contributed by atoms with Crippen molar-refractivity contribution in [3.8, 4) is 5.75 Å². The Bertz CT molecular complexity index is 1180. The van der Waals surface area contributed by atoms with Gasteiger partial charge in [-0.3, -0.25) is 14.4 Å². The van der Waals surface area contributed by atoms with Gasteiger partial charge in [0.25, 0.3) is 11.5 Å². The molecule has 0 fully saturated rings. The molecule has 1 atom stereocenters. The normalized spacial score (nSPS) is 15.4. The number of aromatic amines is 1. The molecule has 0 bridgehead atoms. The number of carbonyl (C=O) groups is 2. The number of aryl methyl sites for hydroxylation is 1. The molecule has 0 aliphatic heterocycles. The van der Waals surface area contributed by atoms with E-state index < -0.39 is 11.5 Å². The summed E-state index contributed by atoms with van der Waals surface area (Å²) in [5, 5.41) is 2.75. The number of fused-ring (bicyclic) bond motifs is 1. The monoisotopic (exact) mass is 402 g/mol. The molecule has 2 N–H and O–H groups in total. The van der Waals surface area contributed by atoms with Gasteiger partial charge in [0.1, 0.15) is 11.3 Å². The van der Waals surface area contributed by atoms with Crippen molar-refractivity contribution in [1.82, 2.24) is 4.98 Å². The van der Waals surface area contributed by atoms with E-state index in [9.17, 15) is 14.4 Å². The van der Waals surface area contributed by atoms with Gasteiger partial charge in [-0.05, 0) is 54.7 Å². The van der Waals surface area contributed by atoms with E-state index in [1.54, 1.807) is 13.2 Å². The highest BCUT2D eigenvalue weighted by atomic mass is 16.5. The van der Waals surface area contributed by atoms with Gasteiger partial charge in [-0.2, -0.15) is 0 Å². The molecule has 0 spiro atoms. The van der Waals surface area contributed by atoms with Crippen LogP contribution in [0.4, 0.5) is 5.69 Å². The van der Waals surface area contributed by atoms with E-state index in [2.05, 4.69) is 10.3 Å². The second kappa shape index (κ2) is 7.99. The molecular formula is C24H22N2O4. The van der Waals surface area contributed by atoms with Gasteiger partial charge >= 0.3 is 0 Å². The molecule has 2 aromatic carbocycles. The minimum absolute atomic E-state index is 0.0294. The number of amides is 1. The Kier molecular flexibility index (Phi) is 5.23. The number of aromatic nitrogens is 1. The summed E-state index contributed by atoms with van der Waals surface area (Å²) in [6, 6.07) is 16.3. The van der Waals surface area contributed by atoms with Crippen LogP contribution in [-0.4, -0.2) is 23.8 Å². The molecule has 30 heavy (non-hydrogen) atoms. The Hall–Kier alpha value is -3.67. The lowest BCUT2D eigenvalue weighted by molar-refractivity contribution is 0.0963. The van der Waals surface area contributed by atoms with Crippen LogP contribution in [0.15, 0.2) is 59.4 Å². The summed E-state index contributed by atoms with van der Waals surface area (Å²) in [6.45, 7) is 1.87. The van der Waals surface area contributed by atoms with Gasteiger partial charge in [-0.15, -0.1) is 0 Å². The molecule has 0 radical (unpaired) electrons. The first-order valence-corrected chi connectivity index (χ1v) is 9.76.